The average Bonchev–Trinajstić information content (AvgIpc) is 3.11. The molecule has 1 aliphatic carbocycles. The van der Waals surface area contributed by atoms with Crippen molar-refractivity contribution in [3.8, 4) is 0 Å². The summed E-state index contributed by atoms with van der Waals surface area (Å²) in [5, 5.41) is 0. The van der Waals surface area contributed by atoms with Gasteiger partial charge in [0.2, 0.25) is 0 Å². The van der Waals surface area contributed by atoms with E-state index in [4.69, 9.17) is 5.73 Å². The molecule has 1 atom stereocenters. The molecule has 1 rings (SSSR count). The fourth-order valence-corrected chi connectivity index (χ4v) is 2.46. The van der Waals surface area contributed by atoms with Crippen molar-refractivity contribution in [3.63, 3.8) is 0 Å². The van der Waals surface area contributed by atoms with Gasteiger partial charge < -0.3 is 5.73 Å². The molecule has 0 aliphatic heterocycles. The zero-order valence-electron chi connectivity index (χ0n) is 11.3. The Hall–Kier alpha value is -0.0800. The molecule has 2 heteroatoms. The van der Waals surface area contributed by atoms with Crippen molar-refractivity contribution in [1.82, 2.24) is 4.90 Å². The van der Waals surface area contributed by atoms with Crippen LogP contribution in [0.25, 0.3) is 0 Å². The van der Waals surface area contributed by atoms with Crippen LogP contribution in [-0.2, 0) is 0 Å². The summed E-state index contributed by atoms with van der Waals surface area (Å²) in [6, 6.07) is 1.53. The summed E-state index contributed by atoms with van der Waals surface area (Å²) in [6.07, 6.45) is 10.8. The Balaban J connectivity index is 2.32. The maximum Gasteiger partial charge on any atom is 0.0221 e. The summed E-state index contributed by atoms with van der Waals surface area (Å²) in [7, 11) is 0. The molecule has 0 saturated heterocycles. The molecule has 2 N–H and O–H groups in total. The Morgan fingerprint density at radius 2 is 1.81 bits per heavy atom. The van der Waals surface area contributed by atoms with E-state index in [1.54, 1.807) is 0 Å². The number of rotatable bonds is 10. The second kappa shape index (κ2) is 8.08. The number of hydrogen-bond donors (Lipinski definition) is 1. The Labute approximate surface area is 102 Å². The first kappa shape index (κ1) is 14.0. The molecule has 0 aromatic heterocycles. The molecule has 2 nitrogen and oxygen atoms in total. The third kappa shape index (κ3) is 4.84. The minimum Gasteiger partial charge on any atom is -0.329 e. The molecule has 0 spiro atoms. The Bertz CT molecular complexity index is 166. The van der Waals surface area contributed by atoms with E-state index in [1.165, 1.54) is 57.9 Å². The van der Waals surface area contributed by atoms with Gasteiger partial charge in [-0.2, -0.15) is 0 Å². The molecule has 1 fully saturated rings. The van der Waals surface area contributed by atoms with Crippen LogP contribution < -0.4 is 5.73 Å². The summed E-state index contributed by atoms with van der Waals surface area (Å²) in [6.45, 7) is 6.67. The monoisotopic (exact) mass is 226 g/mol. The summed E-state index contributed by atoms with van der Waals surface area (Å²) < 4.78 is 0. The quantitative estimate of drug-likeness (QED) is 0.580. The molecule has 0 aromatic carbocycles. The van der Waals surface area contributed by atoms with E-state index in [-0.39, 0.29) is 0 Å². The van der Waals surface area contributed by atoms with Crippen molar-refractivity contribution in [2.45, 2.75) is 77.3 Å². The molecule has 1 unspecified atom stereocenters. The normalized spacial score (nSPS) is 18.0. The van der Waals surface area contributed by atoms with Crippen molar-refractivity contribution in [2.24, 2.45) is 5.73 Å². The van der Waals surface area contributed by atoms with Crippen LogP contribution in [0.3, 0.4) is 0 Å². The molecule has 0 radical (unpaired) electrons. The molecule has 16 heavy (non-hydrogen) atoms. The molecule has 0 bridgehead atoms. The number of unbranched alkanes of at least 4 members (excludes halogenated alkanes) is 3. The fourth-order valence-electron chi connectivity index (χ4n) is 2.46. The van der Waals surface area contributed by atoms with Crippen LogP contribution in [0.2, 0.25) is 0 Å². The lowest BCUT2D eigenvalue weighted by atomic mass is 10.1. The van der Waals surface area contributed by atoms with Gasteiger partial charge in [-0.15, -0.1) is 0 Å². The van der Waals surface area contributed by atoms with E-state index in [0.29, 0.717) is 6.04 Å². The molecule has 1 aliphatic rings. The van der Waals surface area contributed by atoms with Crippen LogP contribution >= 0.6 is 0 Å². The van der Waals surface area contributed by atoms with Gasteiger partial charge in [-0.1, -0.05) is 39.5 Å². The molecule has 0 aromatic rings. The van der Waals surface area contributed by atoms with Gasteiger partial charge in [0.25, 0.3) is 0 Å². The highest BCUT2D eigenvalue weighted by Gasteiger charge is 2.32. The van der Waals surface area contributed by atoms with E-state index in [0.717, 1.165) is 12.6 Å². The highest BCUT2D eigenvalue weighted by Crippen LogP contribution is 2.30. The summed E-state index contributed by atoms with van der Waals surface area (Å²) in [5.74, 6) is 0. The van der Waals surface area contributed by atoms with E-state index < -0.39 is 0 Å². The predicted octanol–water partition coefficient (Wildman–Crippen LogP) is 3.16. The summed E-state index contributed by atoms with van der Waals surface area (Å²) in [5.41, 5.74) is 5.95. The van der Waals surface area contributed by atoms with Crippen molar-refractivity contribution in [2.75, 3.05) is 13.1 Å². The van der Waals surface area contributed by atoms with Crippen LogP contribution in [-0.4, -0.2) is 30.1 Å². The van der Waals surface area contributed by atoms with Crippen LogP contribution in [0.5, 0.6) is 0 Å². The zero-order chi connectivity index (χ0) is 11.8. The van der Waals surface area contributed by atoms with Crippen molar-refractivity contribution in [1.29, 1.82) is 0 Å². The molecular formula is C14H30N2. The van der Waals surface area contributed by atoms with Gasteiger partial charge in [-0.05, 0) is 32.2 Å². The zero-order valence-corrected chi connectivity index (χ0v) is 11.3. The highest BCUT2D eigenvalue weighted by atomic mass is 15.2. The van der Waals surface area contributed by atoms with Crippen molar-refractivity contribution < 1.29 is 0 Å². The minimum atomic E-state index is 0.658. The Morgan fingerprint density at radius 3 is 2.31 bits per heavy atom. The Kier molecular flexibility index (Phi) is 7.06. The van der Waals surface area contributed by atoms with E-state index in [2.05, 4.69) is 18.7 Å². The SMILES string of the molecule is CCCCCC(CN)N(CCCC)C1CC1. The third-order valence-corrected chi connectivity index (χ3v) is 3.67. The summed E-state index contributed by atoms with van der Waals surface area (Å²) >= 11 is 0. The number of nitrogens with two attached hydrogens (primary N) is 1. The van der Waals surface area contributed by atoms with Gasteiger partial charge >= 0.3 is 0 Å². The lowest BCUT2D eigenvalue weighted by Crippen LogP contribution is -2.42. The highest BCUT2D eigenvalue weighted by molar-refractivity contribution is 4.89. The fraction of sp³-hybridized carbons (Fsp3) is 1.00. The van der Waals surface area contributed by atoms with Crippen molar-refractivity contribution in [3.05, 3.63) is 0 Å². The smallest absolute Gasteiger partial charge is 0.0221 e. The predicted molar refractivity (Wildman–Crippen MR) is 71.6 cm³/mol. The van der Waals surface area contributed by atoms with Gasteiger partial charge in [0.15, 0.2) is 0 Å². The number of nitrogens with zero attached hydrogens (tertiary/aromatic N) is 1. The molecular weight excluding hydrogens is 196 g/mol. The molecule has 1 saturated carbocycles. The van der Waals surface area contributed by atoms with Crippen LogP contribution in [0.15, 0.2) is 0 Å². The Morgan fingerprint density at radius 1 is 1.12 bits per heavy atom. The average molecular weight is 226 g/mol. The topological polar surface area (TPSA) is 29.3 Å². The molecule has 96 valence electrons. The lowest BCUT2D eigenvalue weighted by Gasteiger charge is -2.31. The minimum absolute atomic E-state index is 0.658. The first-order valence-corrected chi connectivity index (χ1v) is 7.29. The van der Waals surface area contributed by atoms with E-state index in [1.807, 2.05) is 0 Å². The van der Waals surface area contributed by atoms with Gasteiger partial charge in [0, 0.05) is 18.6 Å². The van der Waals surface area contributed by atoms with Gasteiger partial charge in [0.05, 0.1) is 0 Å². The molecule has 0 amide bonds. The van der Waals surface area contributed by atoms with Crippen LogP contribution in [0.4, 0.5) is 0 Å². The standard InChI is InChI=1S/C14H30N2/c1-3-5-7-8-14(12-15)16(11-6-4-2)13-9-10-13/h13-14H,3-12,15H2,1-2H3. The van der Waals surface area contributed by atoms with Crippen LogP contribution in [0.1, 0.15) is 65.2 Å². The molecule has 0 heterocycles. The number of hydrogen-bond acceptors (Lipinski definition) is 2. The largest absolute Gasteiger partial charge is 0.329 e. The lowest BCUT2D eigenvalue weighted by molar-refractivity contribution is 0.175. The van der Waals surface area contributed by atoms with E-state index in [9.17, 15) is 0 Å². The second-order valence-electron chi connectivity index (χ2n) is 5.21. The third-order valence-electron chi connectivity index (χ3n) is 3.67. The maximum atomic E-state index is 5.95. The van der Waals surface area contributed by atoms with Gasteiger partial charge in [0.1, 0.15) is 0 Å². The first-order valence-electron chi connectivity index (χ1n) is 7.29. The van der Waals surface area contributed by atoms with Gasteiger partial charge in [-0.3, -0.25) is 4.90 Å². The first-order chi connectivity index (χ1) is 7.83. The van der Waals surface area contributed by atoms with Crippen LogP contribution in [0, 0.1) is 0 Å². The van der Waals surface area contributed by atoms with Crippen molar-refractivity contribution >= 4 is 0 Å². The van der Waals surface area contributed by atoms with Gasteiger partial charge in [-0.25, -0.2) is 0 Å². The summed E-state index contributed by atoms with van der Waals surface area (Å²) in [4.78, 5) is 2.71. The maximum absolute atomic E-state index is 5.95. The second-order valence-corrected chi connectivity index (χ2v) is 5.21. The van der Waals surface area contributed by atoms with E-state index >= 15 is 0 Å².